The van der Waals surface area contributed by atoms with E-state index in [9.17, 15) is 23.3 Å². The number of morpholine rings is 1. The number of hydrogen-bond acceptors (Lipinski definition) is 7. The number of nitrogens with zero attached hydrogens (tertiary/aromatic N) is 2. The van der Waals surface area contributed by atoms with Crippen LogP contribution in [0.2, 0.25) is 5.02 Å². The molecule has 0 amide bonds. The van der Waals surface area contributed by atoms with Gasteiger partial charge in [-0.2, -0.15) is 4.31 Å². The number of ether oxygens (including phenoxy) is 2. The number of non-ortho nitro benzene ring substituents is 1. The number of H-pyrrole nitrogens is 1. The minimum atomic E-state index is -4.21. The summed E-state index contributed by atoms with van der Waals surface area (Å²) in [6.45, 7) is 0.296. The third-order valence-electron chi connectivity index (χ3n) is 5.02. The van der Waals surface area contributed by atoms with Gasteiger partial charge < -0.3 is 14.5 Å². The van der Waals surface area contributed by atoms with Crippen LogP contribution in [0.25, 0.3) is 10.9 Å². The average Bonchev–Trinajstić information content (AvgIpc) is 3.17. The summed E-state index contributed by atoms with van der Waals surface area (Å²) in [6, 6.07) is 11.4. The van der Waals surface area contributed by atoms with E-state index >= 15 is 0 Å². The van der Waals surface area contributed by atoms with Crippen LogP contribution in [-0.2, 0) is 14.8 Å². The van der Waals surface area contributed by atoms with Gasteiger partial charge in [0.05, 0.1) is 11.5 Å². The normalized spacial score (nSPS) is 17.3. The first-order valence-corrected chi connectivity index (χ1v) is 11.4. The van der Waals surface area contributed by atoms with E-state index in [4.69, 9.17) is 21.1 Å². The molecule has 1 aliphatic rings. The number of sulfonamides is 1. The molecule has 2 heterocycles. The van der Waals surface area contributed by atoms with Crippen molar-refractivity contribution < 1.29 is 27.6 Å². The number of rotatable bonds is 7. The molecule has 1 fully saturated rings. The Kier molecular flexibility index (Phi) is 6.15. The highest BCUT2D eigenvalue weighted by Gasteiger charge is 2.36. The van der Waals surface area contributed by atoms with Gasteiger partial charge in [0.15, 0.2) is 6.29 Å². The number of nitro benzene ring substituents is 1. The summed E-state index contributed by atoms with van der Waals surface area (Å²) < 4.78 is 39.5. The number of carbonyl (C=O) groups excluding carboxylic acids is 1. The number of aldehydes is 1. The maximum absolute atomic E-state index is 13.5. The molecular weight excluding hydrogens is 462 g/mol. The number of nitrogens with one attached hydrogen (secondary N) is 1. The maximum atomic E-state index is 13.5. The Hall–Kier alpha value is -2.99. The standard InChI is InChI=1S/C20H18ClN3O7S/c21-13-8-16-19(18(9-13)24(26)27)22-17(11-25)20(16)32(28,29)23-6-7-30-15(10-23)12-31-14-4-2-1-3-5-14/h1-5,8-9,11,15,22H,6-7,10,12H2. The van der Waals surface area contributed by atoms with Gasteiger partial charge in [0.2, 0.25) is 10.0 Å². The molecule has 32 heavy (non-hydrogen) atoms. The second-order valence-corrected chi connectivity index (χ2v) is 9.38. The molecule has 0 saturated carbocycles. The molecule has 0 spiro atoms. The van der Waals surface area contributed by atoms with E-state index in [0.717, 1.165) is 6.07 Å². The fourth-order valence-electron chi connectivity index (χ4n) is 3.59. The highest BCUT2D eigenvalue weighted by molar-refractivity contribution is 7.89. The monoisotopic (exact) mass is 479 g/mol. The van der Waals surface area contributed by atoms with Crippen LogP contribution in [0.4, 0.5) is 5.69 Å². The zero-order valence-electron chi connectivity index (χ0n) is 16.6. The fraction of sp³-hybridized carbons (Fsp3) is 0.250. The number of para-hydroxylation sites is 1. The second kappa shape index (κ2) is 8.87. The Morgan fingerprint density at radius 3 is 2.75 bits per heavy atom. The minimum absolute atomic E-state index is 0.0111. The molecule has 1 atom stereocenters. The van der Waals surface area contributed by atoms with Crippen molar-refractivity contribution in [2.75, 3.05) is 26.3 Å². The Bertz CT molecular complexity index is 1280. The van der Waals surface area contributed by atoms with E-state index in [2.05, 4.69) is 4.98 Å². The van der Waals surface area contributed by atoms with Gasteiger partial charge in [-0.05, 0) is 18.2 Å². The third kappa shape index (κ3) is 4.19. The van der Waals surface area contributed by atoms with E-state index in [0.29, 0.717) is 12.0 Å². The first-order chi connectivity index (χ1) is 15.3. The number of aromatic amines is 1. The van der Waals surface area contributed by atoms with Crippen molar-refractivity contribution in [3.05, 3.63) is 63.3 Å². The summed E-state index contributed by atoms with van der Waals surface area (Å²) in [5.74, 6) is 0.623. The third-order valence-corrected chi connectivity index (χ3v) is 7.21. The molecule has 4 rings (SSSR count). The number of halogens is 1. The molecule has 0 radical (unpaired) electrons. The highest BCUT2D eigenvalue weighted by atomic mass is 35.5. The molecule has 1 saturated heterocycles. The number of hydrogen-bond donors (Lipinski definition) is 1. The van der Waals surface area contributed by atoms with Crippen molar-refractivity contribution in [1.29, 1.82) is 0 Å². The van der Waals surface area contributed by atoms with Crippen LogP contribution in [-0.4, -0.2) is 61.3 Å². The summed E-state index contributed by atoms with van der Waals surface area (Å²) >= 11 is 6.00. The van der Waals surface area contributed by atoms with Gasteiger partial charge in [0, 0.05) is 29.6 Å². The zero-order chi connectivity index (χ0) is 22.9. The predicted molar refractivity (Wildman–Crippen MR) is 116 cm³/mol. The Morgan fingerprint density at radius 2 is 2.06 bits per heavy atom. The first-order valence-electron chi connectivity index (χ1n) is 9.55. The van der Waals surface area contributed by atoms with Crippen LogP contribution in [0.3, 0.4) is 0 Å². The lowest BCUT2D eigenvalue weighted by atomic mass is 10.2. The van der Waals surface area contributed by atoms with Crippen molar-refractivity contribution in [3.63, 3.8) is 0 Å². The summed E-state index contributed by atoms with van der Waals surface area (Å²) in [5, 5.41) is 11.4. The van der Waals surface area contributed by atoms with Crippen molar-refractivity contribution in [2.45, 2.75) is 11.0 Å². The lowest BCUT2D eigenvalue weighted by Crippen LogP contribution is -2.47. The molecular formula is C20H18ClN3O7S. The molecule has 168 valence electrons. The van der Waals surface area contributed by atoms with Gasteiger partial charge in [-0.15, -0.1) is 0 Å². The summed E-state index contributed by atoms with van der Waals surface area (Å²) in [5.41, 5.74) is -0.792. The zero-order valence-corrected chi connectivity index (χ0v) is 18.1. The van der Waals surface area contributed by atoms with Gasteiger partial charge in [-0.1, -0.05) is 29.8 Å². The summed E-state index contributed by atoms with van der Waals surface area (Å²) in [7, 11) is -4.21. The molecule has 1 aromatic heterocycles. The predicted octanol–water partition coefficient (Wildman–Crippen LogP) is 3.01. The van der Waals surface area contributed by atoms with E-state index < -0.39 is 26.7 Å². The van der Waals surface area contributed by atoms with Crippen LogP contribution < -0.4 is 4.74 Å². The van der Waals surface area contributed by atoms with Gasteiger partial charge in [-0.25, -0.2) is 8.42 Å². The summed E-state index contributed by atoms with van der Waals surface area (Å²) in [6.07, 6.45) is -0.220. The van der Waals surface area contributed by atoms with Crippen LogP contribution in [0, 0.1) is 10.1 Å². The van der Waals surface area contributed by atoms with E-state index in [1.807, 2.05) is 18.2 Å². The van der Waals surface area contributed by atoms with Gasteiger partial charge in [0.25, 0.3) is 5.69 Å². The quantitative estimate of drug-likeness (QED) is 0.313. The first kappa shape index (κ1) is 22.2. The molecule has 2 aromatic carbocycles. The van der Waals surface area contributed by atoms with Crippen LogP contribution in [0.5, 0.6) is 5.75 Å². The second-order valence-electron chi connectivity index (χ2n) is 7.07. The van der Waals surface area contributed by atoms with Crippen LogP contribution in [0.15, 0.2) is 47.4 Å². The van der Waals surface area contributed by atoms with E-state index in [-0.39, 0.29) is 52.8 Å². The largest absolute Gasteiger partial charge is 0.491 e. The molecule has 0 bridgehead atoms. The Balaban J connectivity index is 1.66. The van der Waals surface area contributed by atoms with Crippen molar-refractivity contribution in [3.8, 4) is 5.75 Å². The number of nitro groups is 1. The van der Waals surface area contributed by atoms with Gasteiger partial charge >= 0.3 is 0 Å². The molecule has 1 unspecified atom stereocenters. The van der Waals surface area contributed by atoms with Gasteiger partial charge in [-0.3, -0.25) is 14.9 Å². The highest BCUT2D eigenvalue weighted by Crippen LogP contribution is 2.36. The number of fused-ring (bicyclic) bond motifs is 1. The van der Waals surface area contributed by atoms with E-state index in [1.165, 1.54) is 10.4 Å². The van der Waals surface area contributed by atoms with Crippen LogP contribution in [0.1, 0.15) is 10.5 Å². The topological polar surface area (TPSA) is 132 Å². The van der Waals surface area contributed by atoms with Crippen LogP contribution >= 0.6 is 11.6 Å². The van der Waals surface area contributed by atoms with Crippen molar-refractivity contribution in [2.24, 2.45) is 0 Å². The lowest BCUT2D eigenvalue weighted by Gasteiger charge is -2.32. The average molecular weight is 480 g/mol. The number of aromatic nitrogens is 1. The van der Waals surface area contributed by atoms with Crippen molar-refractivity contribution in [1.82, 2.24) is 9.29 Å². The molecule has 0 aliphatic carbocycles. The molecule has 12 heteroatoms. The molecule has 10 nitrogen and oxygen atoms in total. The summed E-state index contributed by atoms with van der Waals surface area (Å²) in [4.78, 5) is 24.6. The van der Waals surface area contributed by atoms with Crippen molar-refractivity contribution >= 4 is 44.5 Å². The number of benzene rings is 2. The SMILES string of the molecule is O=Cc1[nH]c2c([N+](=O)[O-])cc(Cl)cc2c1S(=O)(=O)N1CCOC(COc2ccccc2)C1. The Labute approximate surface area is 187 Å². The molecule has 1 aliphatic heterocycles. The molecule has 3 aromatic rings. The smallest absolute Gasteiger partial charge is 0.294 e. The fourth-order valence-corrected chi connectivity index (χ4v) is 5.55. The lowest BCUT2D eigenvalue weighted by molar-refractivity contribution is -0.383. The van der Waals surface area contributed by atoms with Gasteiger partial charge in [0.1, 0.15) is 34.6 Å². The number of carbonyl (C=O) groups is 1. The minimum Gasteiger partial charge on any atom is -0.491 e. The maximum Gasteiger partial charge on any atom is 0.294 e. The van der Waals surface area contributed by atoms with E-state index in [1.54, 1.807) is 12.1 Å². The Morgan fingerprint density at radius 1 is 1.31 bits per heavy atom. The molecule has 1 N–H and O–H groups in total.